The van der Waals surface area contributed by atoms with E-state index in [9.17, 15) is 4.39 Å². The molecule has 0 aromatic carbocycles. The summed E-state index contributed by atoms with van der Waals surface area (Å²) in [6.07, 6.45) is 3.94. The summed E-state index contributed by atoms with van der Waals surface area (Å²) < 4.78 is 14.7. The number of aromatic nitrogens is 2. The molecule has 0 saturated carbocycles. The maximum absolute atomic E-state index is 13.0. The Morgan fingerprint density at radius 2 is 2.47 bits per heavy atom. The van der Waals surface area contributed by atoms with Crippen LogP contribution in [0.1, 0.15) is 6.42 Å². The average Bonchev–Trinajstić information content (AvgIpc) is 2.49. The van der Waals surface area contributed by atoms with Crippen LogP contribution < -0.4 is 11.1 Å². The first-order chi connectivity index (χ1) is 7.13. The Labute approximate surface area is 86.5 Å². The van der Waals surface area contributed by atoms with Gasteiger partial charge in [0.25, 0.3) is 0 Å². The first-order valence-corrected chi connectivity index (χ1v) is 4.57. The molecule has 2 rings (SSSR count). The van der Waals surface area contributed by atoms with Crippen LogP contribution in [0.25, 0.3) is 0 Å². The van der Waals surface area contributed by atoms with Crippen molar-refractivity contribution in [2.75, 3.05) is 5.32 Å². The van der Waals surface area contributed by atoms with Crippen LogP contribution in [0.4, 0.5) is 10.1 Å². The minimum atomic E-state index is -1.26. The van der Waals surface area contributed by atoms with Gasteiger partial charge in [-0.25, -0.2) is 9.38 Å². The third kappa shape index (κ3) is 2.34. The van der Waals surface area contributed by atoms with Gasteiger partial charge in [0.15, 0.2) is 6.30 Å². The molecule has 0 saturated heterocycles. The molecule has 0 spiro atoms. The highest BCUT2D eigenvalue weighted by Crippen LogP contribution is 2.13. The zero-order valence-corrected chi connectivity index (χ0v) is 8.31. The van der Waals surface area contributed by atoms with Crippen molar-refractivity contribution in [2.45, 2.75) is 12.7 Å². The molecule has 1 aliphatic heterocycles. The van der Waals surface area contributed by atoms with Gasteiger partial charge in [-0.1, -0.05) is 0 Å². The van der Waals surface area contributed by atoms with E-state index >= 15 is 0 Å². The Morgan fingerprint density at radius 1 is 1.67 bits per heavy atom. The van der Waals surface area contributed by atoms with Gasteiger partial charge in [0.1, 0.15) is 5.84 Å². The Bertz CT molecular complexity index is 420. The number of alkyl halides is 1. The Balaban J connectivity index is 2.12. The van der Waals surface area contributed by atoms with E-state index in [-0.39, 0.29) is 6.42 Å². The fraction of sp³-hybridized carbons (Fsp3) is 0.333. The molecule has 2 heterocycles. The molecular weight excluding hydrogens is 197 g/mol. The number of nitrogens with zero attached hydrogens (tertiary/aromatic N) is 3. The second-order valence-corrected chi connectivity index (χ2v) is 3.40. The number of aryl methyl sites for hydroxylation is 1. The molecule has 5 nitrogen and oxygen atoms in total. The van der Waals surface area contributed by atoms with Crippen molar-refractivity contribution in [1.82, 2.24) is 9.78 Å². The molecule has 0 fully saturated rings. The number of anilines is 1. The second-order valence-electron chi connectivity index (χ2n) is 3.40. The third-order valence-electron chi connectivity index (χ3n) is 1.98. The first kappa shape index (κ1) is 9.70. The van der Waals surface area contributed by atoms with Crippen molar-refractivity contribution in [3.63, 3.8) is 0 Å². The zero-order valence-electron chi connectivity index (χ0n) is 8.31. The highest BCUT2D eigenvalue weighted by atomic mass is 19.1. The Kier molecular flexibility index (Phi) is 2.40. The molecule has 1 aliphatic rings. The number of amidine groups is 1. The number of halogens is 1. The average molecular weight is 209 g/mol. The number of rotatable bonds is 1. The fourth-order valence-corrected chi connectivity index (χ4v) is 1.36. The van der Waals surface area contributed by atoms with Crippen LogP contribution in [-0.4, -0.2) is 21.9 Å². The first-order valence-electron chi connectivity index (χ1n) is 4.57. The van der Waals surface area contributed by atoms with Crippen molar-refractivity contribution in [1.29, 1.82) is 0 Å². The Morgan fingerprint density at radius 3 is 3.07 bits per heavy atom. The smallest absolute Gasteiger partial charge is 0.197 e. The normalized spacial score (nSPS) is 20.8. The minimum Gasteiger partial charge on any atom is -0.402 e. The molecule has 0 radical (unpaired) electrons. The largest absolute Gasteiger partial charge is 0.402 e. The number of dihydropyridines is 1. The molecule has 15 heavy (non-hydrogen) atoms. The quantitative estimate of drug-likeness (QED) is 0.671. The second kappa shape index (κ2) is 3.72. The minimum absolute atomic E-state index is 0.165. The summed E-state index contributed by atoms with van der Waals surface area (Å²) in [7, 11) is 1.80. The number of nitrogens with two attached hydrogens (primary N) is 1. The SMILES string of the molecule is Cn1cc(NC2=NC(F)CC(N)=C2)cn1. The van der Waals surface area contributed by atoms with Gasteiger partial charge in [-0.15, -0.1) is 0 Å². The van der Waals surface area contributed by atoms with Gasteiger partial charge < -0.3 is 11.1 Å². The van der Waals surface area contributed by atoms with E-state index < -0.39 is 6.30 Å². The van der Waals surface area contributed by atoms with Gasteiger partial charge >= 0.3 is 0 Å². The van der Waals surface area contributed by atoms with Crippen LogP contribution in [0.2, 0.25) is 0 Å². The van der Waals surface area contributed by atoms with Crippen LogP contribution in [0.15, 0.2) is 29.2 Å². The van der Waals surface area contributed by atoms with Gasteiger partial charge in [-0.2, -0.15) is 5.10 Å². The van der Waals surface area contributed by atoms with Crippen LogP contribution >= 0.6 is 0 Å². The summed E-state index contributed by atoms with van der Waals surface area (Å²) in [4.78, 5) is 3.78. The highest BCUT2D eigenvalue weighted by molar-refractivity contribution is 6.04. The van der Waals surface area contributed by atoms with E-state index in [1.165, 1.54) is 0 Å². The molecule has 1 atom stereocenters. The van der Waals surface area contributed by atoms with Crippen LogP contribution in [-0.2, 0) is 7.05 Å². The van der Waals surface area contributed by atoms with E-state index in [0.717, 1.165) is 5.69 Å². The zero-order chi connectivity index (χ0) is 10.8. The number of aliphatic imine (C=N–C) groups is 1. The summed E-state index contributed by atoms with van der Waals surface area (Å²) in [5.41, 5.74) is 6.80. The van der Waals surface area contributed by atoms with Crippen molar-refractivity contribution in [3.05, 3.63) is 24.2 Å². The molecule has 1 unspecified atom stereocenters. The number of hydrogen-bond acceptors (Lipinski definition) is 4. The molecule has 1 aromatic heterocycles. The molecule has 80 valence electrons. The summed E-state index contributed by atoms with van der Waals surface area (Å²) in [5.74, 6) is 0.430. The lowest BCUT2D eigenvalue weighted by molar-refractivity contribution is 0.341. The van der Waals surface area contributed by atoms with Gasteiger partial charge in [0, 0.05) is 25.4 Å². The molecule has 3 N–H and O–H groups in total. The molecule has 0 aliphatic carbocycles. The monoisotopic (exact) mass is 209 g/mol. The lowest BCUT2D eigenvalue weighted by atomic mass is 10.2. The predicted octanol–water partition coefficient (Wildman–Crippen LogP) is 0.772. The fourth-order valence-electron chi connectivity index (χ4n) is 1.36. The molecule has 0 amide bonds. The summed E-state index contributed by atoms with van der Waals surface area (Å²) in [6.45, 7) is 0. The number of hydrogen-bond donors (Lipinski definition) is 2. The van der Waals surface area contributed by atoms with Crippen molar-refractivity contribution < 1.29 is 4.39 Å². The lowest BCUT2D eigenvalue weighted by Crippen LogP contribution is -2.20. The topological polar surface area (TPSA) is 68.2 Å². The molecule has 0 bridgehead atoms. The van der Waals surface area contributed by atoms with Crippen molar-refractivity contribution in [2.24, 2.45) is 17.8 Å². The predicted molar refractivity (Wildman–Crippen MR) is 56.0 cm³/mol. The van der Waals surface area contributed by atoms with E-state index in [4.69, 9.17) is 5.73 Å². The maximum atomic E-state index is 13.0. The highest BCUT2D eigenvalue weighted by Gasteiger charge is 2.13. The van der Waals surface area contributed by atoms with E-state index in [2.05, 4.69) is 15.4 Å². The van der Waals surface area contributed by atoms with E-state index in [0.29, 0.717) is 11.5 Å². The van der Waals surface area contributed by atoms with E-state index in [1.807, 2.05) is 0 Å². The lowest BCUT2D eigenvalue weighted by Gasteiger charge is -2.13. The summed E-state index contributed by atoms with van der Waals surface area (Å²) in [6, 6.07) is 0. The third-order valence-corrected chi connectivity index (χ3v) is 1.98. The summed E-state index contributed by atoms with van der Waals surface area (Å²) >= 11 is 0. The maximum Gasteiger partial charge on any atom is 0.197 e. The van der Waals surface area contributed by atoms with Gasteiger partial charge in [0.05, 0.1) is 11.9 Å². The summed E-state index contributed by atoms with van der Waals surface area (Å²) in [5, 5.41) is 6.91. The Hall–Kier alpha value is -1.85. The molecule has 6 heteroatoms. The van der Waals surface area contributed by atoms with Gasteiger partial charge in [-0.3, -0.25) is 4.68 Å². The molecule has 1 aromatic rings. The van der Waals surface area contributed by atoms with Crippen molar-refractivity contribution >= 4 is 11.5 Å². The van der Waals surface area contributed by atoms with Gasteiger partial charge in [-0.05, 0) is 6.08 Å². The van der Waals surface area contributed by atoms with E-state index in [1.54, 1.807) is 30.2 Å². The molecular formula is C9H12FN5. The van der Waals surface area contributed by atoms with Gasteiger partial charge in [0.2, 0.25) is 0 Å². The van der Waals surface area contributed by atoms with Crippen molar-refractivity contribution in [3.8, 4) is 0 Å². The van der Waals surface area contributed by atoms with Crippen LogP contribution in [0.5, 0.6) is 0 Å². The number of nitrogens with one attached hydrogen (secondary N) is 1. The standard InChI is InChI=1S/C9H12FN5/c1-15-5-7(4-12-15)13-9-3-6(11)2-8(10)14-9/h3-5,8H,2,11H2,1H3,(H,13,14). The van der Waals surface area contributed by atoms with Crippen LogP contribution in [0, 0.1) is 0 Å². The van der Waals surface area contributed by atoms with Crippen LogP contribution in [0.3, 0.4) is 0 Å².